The SMILES string of the molecule is N#Cc1ccc(COc2cc(Br)ccc2C(=O)O)c(F)c1. The van der Waals surface area contributed by atoms with Crippen molar-refractivity contribution >= 4 is 21.9 Å². The van der Waals surface area contributed by atoms with Gasteiger partial charge in [0.1, 0.15) is 23.7 Å². The van der Waals surface area contributed by atoms with Crippen LogP contribution in [0, 0.1) is 17.1 Å². The molecule has 2 aromatic carbocycles. The van der Waals surface area contributed by atoms with Gasteiger partial charge in [-0.05, 0) is 30.3 Å². The van der Waals surface area contributed by atoms with Crippen LogP contribution < -0.4 is 4.74 Å². The number of carboxylic acid groups (broad SMARTS) is 1. The lowest BCUT2D eigenvalue weighted by Crippen LogP contribution is -2.04. The maximum Gasteiger partial charge on any atom is 0.339 e. The van der Waals surface area contributed by atoms with Gasteiger partial charge in [-0.2, -0.15) is 5.26 Å². The Morgan fingerprint density at radius 2 is 2.10 bits per heavy atom. The van der Waals surface area contributed by atoms with E-state index in [0.29, 0.717) is 4.47 Å². The van der Waals surface area contributed by atoms with Crippen molar-refractivity contribution < 1.29 is 19.0 Å². The van der Waals surface area contributed by atoms with Gasteiger partial charge in [0.05, 0.1) is 11.6 Å². The van der Waals surface area contributed by atoms with E-state index in [9.17, 15) is 9.18 Å². The molecule has 0 radical (unpaired) electrons. The lowest BCUT2D eigenvalue weighted by Gasteiger charge is -2.10. The Kier molecular flexibility index (Phi) is 4.55. The second-order valence-electron chi connectivity index (χ2n) is 4.15. The summed E-state index contributed by atoms with van der Waals surface area (Å²) in [7, 11) is 0. The Labute approximate surface area is 128 Å². The zero-order chi connectivity index (χ0) is 15.4. The Hall–Kier alpha value is -2.39. The molecule has 0 fully saturated rings. The Morgan fingerprint density at radius 3 is 2.71 bits per heavy atom. The lowest BCUT2D eigenvalue weighted by atomic mass is 10.1. The molecule has 2 rings (SSSR count). The zero-order valence-corrected chi connectivity index (χ0v) is 12.2. The lowest BCUT2D eigenvalue weighted by molar-refractivity contribution is 0.0691. The van der Waals surface area contributed by atoms with Crippen LogP contribution in [0.25, 0.3) is 0 Å². The van der Waals surface area contributed by atoms with Crippen LogP contribution in [-0.4, -0.2) is 11.1 Å². The first-order chi connectivity index (χ1) is 10.0. The molecule has 4 nitrogen and oxygen atoms in total. The van der Waals surface area contributed by atoms with Crippen LogP contribution in [0.4, 0.5) is 4.39 Å². The molecule has 0 saturated heterocycles. The fraction of sp³-hybridized carbons (Fsp3) is 0.0667. The van der Waals surface area contributed by atoms with Gasteiger partial charge in [-0.15, -0.1) is 0 Å². The molecule has 0 amide bonds. The van der Waals surface area contributed by atoms with Gasteiger partial charge in [-0.25, -0.2) is 9.18 Å². The summed E-state index contributed by atoms with van der Waals surface area (Å²) in [6, 6.07) is 10.3. The minimum absolute atomic E-state index is 0.00717. The predicted molar refractivity (Wildman–Crippen MR) is 76.5 cm³/mol. The van der Waals surface area contributed by atoms with Gasteiger partial charge < -0.3 is 9.84 Å². The van der Waals surface area contributed by atoms with E-state index < -0.39 is 11.8 Å². The number of ether oxygens (including phenoxy) is 1. The van der Waals surface area contributed by atoms with Crippen molar-refractivity contribution in [3.05, 3.63) is 63.4 Å². The largest absolute Gasteiger partial charge is 0.488 e. The van der Waals surface area contributed by atoms with Crippen LogP contribution in [0.1, 0.15) is 21.5 Å². The molecular formula is C15H9BrFNO3. The van der Waals surface area contributed by atoms with Crippen molar-refractivity contribution in [2.75, 3.05) is 0 Å². The first kappa shape index (κ1) is 15.0. The summed E-state index contributed by atoms with van der Waals surface area (Å²) in [5.41, 5.74) is 0.447. The number of hydrogen-bond donors (Lipinski definition) is 1. The van der Waals surface area contributed by atoms with E-state index in [-0.39, 0.29) is 29.0 Å². The minimum atomic E-state index is -1.13. The molecule has 6 heteroatoms. The van der Waals surface area contributed by atoms with Crippen LogP contribution in [0.3, 0.4) is 0 Å². The number of aromatic carboxylic acids is 1. The monoisotopic (exact) mass is 349 g/mol. The van der Waals surface area contributed by atoms with E-state index >= 15 is 0 Å². The number of rotatable bonds is 4. The van der Waals surface area contributed by atoms with Gasteiger partial charge >= 0.3 is 5.97 Å². The summed E-state index contributed by atoms with van der Waals surface area (Å²) in [6.45, 7) is -0.131. The molecule has 0 atom stereocenters. The fourth-order valence-electron chi connectivity index (χ4n) is 1.68. The van der Waals surface area contributed by atoms with Crippen molar-refractivity contribution in [2.45, 2.75) is 6.61 Å². The summed E-state index contributed by atoms with van der Waals surface area (Å²) in [5.74, 6) is -1.56. The van der Waals surface area contributed by atoms with Crippen molar-refractivity contribution in [3.8, 4) is 11.8 Å². The second-order valence-corrected chi connectivity index (χ2v) is 5.07. The van der Waals surface area contributed by atoms with Crippen molar-refractivity contribution in [1.29, 1.82) is 5.26 Å². The first-order valence-electron chi connectivity index (χ1n) is 5.85. The summed E-state index contributed by atoms with van der Waals surface area (Å²) in [4.78, 5) is 11.1. The Balaban J connectivity index is 2.22. The third kappa shape index (κ3) is 3.58. The first-order valence-corrected chi connectivity index (χ1v) is 6.64. The van der Waals surface area contributed by atoms with Crippen molar-refractivity contribution in [1.82, 2.24) is 0 Å². The molecule has 0 aliphatic carbocycles. The van der Waals surface area contributed by atoms with Gasteiger partial charge in [0.25, 0.3) is 0 Å². The molecule has 0 aromatic heterocycles. The highest BCUT2D eigenvalue weighted by Gasteiger charge is 2.13. The highest BCUT2D eigenvalue weighted by Crippen LogP contribution is 2.25. The summed E-state index contributed by atoms with van der Waals surface area (Å²) in [5, 5.41) is 17.7. The number of nitriles is 1. The van der Waals surface area contributed by atoms with Crippen LogP contribution in [0.15, 0.2) is 40.9 Å². The molecule has 106 valence electrons. The summed E-state index contributed by atoms with van der Waals surface area (Å²) >= 11 is 3.22. The third-order valence-electron chi connectivity index (χ3n) is 2.74. The molecule has 0 unspecified atom stereocenters. The average Bonchev–Trinajstić information content (AvgIpc) is 2.45. The number of halogens is 2. The van der Waals surface area contributed by atoms with E-state index in [2.05, 4.69) is 15.9 Å². The topological polar surface area (TPSA) is 70.3 Å². The van der Waals surface area contributed by atoms with E-state index in [1.807, 2.05) is 6.07 Å². The standard InChI is InChI=1S/C15H9BrFNO3/c16-11-3-4-12(15(19)20)14(6-11)21-8-10-2-1-9(7-18)5-13(10)17/h1-6H,8H2,(H,19,20). The number of carbonyl (C=O) groups is 1. The molecule has 0 aliphatic heterocycles. The normalized spacial score (nSPS) is 9.95. The summed E-state index contributed by atoms with van der Waals surface area (Å²) < 4.78 is 19.8. The van der Waals surface area contributed by atoms with Gasteiger partial charge in [-0.1, -0.05) is 22.0 Å². The second kappa shape index (κ2) is 6.37. The third-order valence-corrected chi connectivity index (χ3v) is 3.23. The fourth-order valence-corrected chi connectivity index (χ4v) is 2.02. The molecule has 2 aromatic rings. The highest BCUT2D eigenvalue weighted by molar-refractivity contribution is 9.10. The van der Waals surface area contributed by atoms with Crippen LogP contribution in [0.2, 0.25) is 0 Å². The molecule has 0 bridgehead atoms. The van der Waals surface area contributed by atoms with Crippen molar-refractivity contribution in [2.24, 2.45) is 0 Å². The van der Waals surface area contributed by atoms with Crippen LogP contribution >= 0.6 is 15.9 Å². The number of hydrogen-bond acceptors (Lipinski definition) is 3. The van der Waals surface area contributed by atoms with E-state index in [4.69, 9.17) is 15.1 Å². The zero-order valence-electron chi connectivity index (χ0n) is 10.6. The smallest absolute Gasteiger partial charge is 0.339 e. The number of benzene rings is 2. The van der Waals surface area contributed by atoms with Gasteiger partial charge in [0.15, 0.2) is 0 Å². The van der Waals surface area contributed by atoms with Crippen LogP contribution in [0.5, 0.6) is 5.75 Å². The number of carboxylic acids is 1. The van der Waals surface area contributed by atoms with Gasteiger partial charge in [0, 0.05) is 10.0 Å². The number of nitrogens with zero attached hydrogens (tertiary/aromatic N) is 1. The Bertz CT molecular complexity index is 740. The molecule has 21 heavy (non-hydrogen) atoms. The van der Waals surface area contributed by atoms with E-state index in [0.717, 1.165) is 6.07 Å². The predicted octanol–water partition coefficient (Wildman–Crippen LogP) is 3.74. The quantitative estimate of drug-likeness (QED) is 0.912. The molecule has 0 spiro atoms. The molecule has 0 heterocycles. The summed E-state index contributed by atoms with van der Waals surface area (Å²) in [6.07, 6.45) is 0. The molecular weight excluding hydrogens is 341 g/mol. The van der Waals surface area contributed by atoms with Gasteiger partial charge in [-0.3, -0.25) is 0 Å². The molecule has 0 saturated carbocycles. The maximum atomic E-state index is 13.7. The molecule has 0 aliphatic rings. The van der Waals surface area contributed by atoms with Crippen LogP contribution in [-0.2, 0) is 6.61 Å². The van der Waals surface area contributed by atoms with Crippen molar-refractivity contribution in [3.63, 3.8) is 0 Å². The Morgan fingerprint density at radius 1 is 1.33 bits per heavy atom. The molecule has 1 N–H and O–H groups in total. The van der Waals surface area contributed by atoms with E-state index in [1.165, 1.54) is 24.3 Å². The van der Waals surface area contributed by atoms with Gasteiger partial charge in [0.2, 0.25) is 0 Å². The highest BCUT2D eigenvalue weighted by atomic mass is 79.9. The average molecular weight is 350 g/mol. The van der Waals surface area contributed by atoms with E-state index in [1.54, 1.807) is 6.07 Å². The minimum Gasteiger partial charge on any atom is -0.488 e. The maximum absolute atomic E-state index is 13.7.